The Bertz CT molecular complexity index is 7020. The summed E-state index contributed by atoms with van der Waals surface area (Å²) in [6.45, 7) is -0.0655. The fraction of sp³-hybridized carbons (Fsp3) is 0.152. The van der Waals surface area contributed by atoms with E-state index >= 15 is 0 Å². The molecule has 8 aromatic heterocycles. The van der Waals surface area contributed by atoms with Crippen LogP contribution in [-0.4, -0.2) is 83.9 Å². The molecular formula is C99H74F7IN12O8S4. The number of anilines is 4. The highest BCUT2D eigenvalue weighted by molar-refractivity contribution is 14.1. The topological polar surface area (TPSA) is 300 Å². The minimum absolute atomic E-state index is 0.0144. The van der Waals surface area contributed by atoms with Crippen LogP contribution in [0.3, 0.4) is 0 Å². The molecule has 4 aliphatic rings. The van der Waals surface area contributed by atoms with Gasteiger partial charge in [0.05, 0.1) is 111 Å². The maximum atomic E-state index is 14.1. The number of amides is 4. The van der Waals surface area contributed by atoms with Crippen LogP contribution in [-0.2, 0) is 111 Å². The highest BCUT2D eigenvalue weighted by Crippen LogP contribution is 2.44. The smallest absolute Gasteiger partial charge is 0.256 e. The standard InChI is InChI=1S/C25H16F5N3O2S.C25H19F2N3O2S.C25H20IN3O2S.C24H19N3O2S/c26-18-14(19(27)21(29)22(30)20(18)28)9-17(35)32-25-24(16-2-1-7-36-16)33-23-13-5-3-11(10-34)8-12(13)4-6-15(23)31-25;26-18-7-4-14(11-19(18)27)12-22(32)29-25-24(21-2-1-9-33-21)30-23-17-6-3-15(13-31)10-16(17)5-8-20(23)28-25;26-18-7-3-15(4-8-18)13-22(31)28-25-24(21-2-1-11-32-21)29-23-19-9-5-16(14-30)12-17(19)6-10-20(23)27-25;28-14-15-8-10-18-17(13-15)9-11-19-21(18)26-22(20-7-4-12-30-20)23(25-19)27-24(29)16-5-2-1-3-6-16/h1-3,5,7-8,34H,4,6,9-10H2,(H,31,32,35);1-4,6-7,9-11,31H,5,8,12-13H2,(H,28,29,32);1-5,7-9,11-12,30H,6,10,13-14H2,(H,27,28,31);1-8,10,12-13,28H,9,11,14H2,(H,25,27,29). The number of carbonyl (C=O) groups excluding carboxylic acids is 4. The van der Waals surface area contributed by atoms with Crippen molar-refractivity contribution in [3.8, 4) is 87.3 Å². The van der Waals surface area contributed by atoms with E-state index in [4.69, 9.17) is 34.9 Å². The zero-order valence-electron chi connectivity index (χ0n) is 69.0. The first-order chi connectivity index (χ1) is 63.6. The SMILES string of the molecule is O=C(Cc1c(F)c(F)c(F)c(F)c1F)Nc1nc2c(nc1-c1cccs1)-c1ccc(CO)cc1CC2.O=C(Cc1ccc(F)c(F)c1)Nc1nc2c(nc1-c1cccs1)-c1ccc(CO)cc1CC2.O=C(Cc1ccc(I)cc1)Nc1nc2c(nc1-c1cccs1)-c1ccc(CO)cc1CC2.O=C(Nc1nc2c(nc1-c1cccs1)-c1ccc(CO)cc1CC2)c1ccccc1. The van der Waals surface area contributed by atoms with Crippen LogP contribution in [0.15, 0.2) is 216 Å². The molecule has 8 aromatic carbocycles. The monoisotopic (exact) mass is 1950 g/mol. The lowest BCUT2D eigenvalue weighted by atomic mass is 9.90. The Labute approximate surface area is 774 Å². The van der Waals surface area contributed by atoms with Gasteiger partial charge in [0.1, 0.15) is 22.8 Å². The molecule has 0 radical (unpaired) electrons. The molecule has 8 N–H and O–H groups in total. The van der Waals surface area contributed by atoms with Crippen LogP contribution in [0.2, 0.25) is 0 Å². The summed E-state index contributed by atoms with van der Waals surface area (Å²) in [6.07, 6.45) is 4.72. The number of nitrogens with zero attached hydrogens (tertiary/aromatic N) is 8. The average Bonchev–Trinajstić information content (AvgIpc) is 1.61. The zero-order chi connectivity index (χ0) is 91.1. The molecule has 0 aliphatic heterocycles. The van der Waals surface area contributed by atoms with Gasteiger partial charge in [-0.3, -0.25) is 19.2 Å². The summed E-state index contributed by atoms with van der Waals surface area (Å²) in [5.74, 6) is -13.0. The molecule has 4 amide bonds. The van der Waals surface area contributed by atoms with Gasteiger partial charge < -0.3 is 41.7 Å². The summed E-state index contributed by atoms with van der Waals surface area (Å²) in [5.41, 5.74) is 20.8. The van der Waals surface area contributed by atoms with Crippen molar-refractivity contribution < 1.29 is 70.3 Å². The third kappa shape index (κ3) is 20.0. The van der Waals surface area contributed by atoms with Gasteiger partial charge in [0, 0.05) is 37.0 Å². The van der Waals surface area contributed by atoms with Crippen molar-refractivity contribution in [3.63, 3.8) is 0 Å². The molecule has 0 saturated heterocycles. The second-order valence-electron chi connectivity index (χ2n) is 30.8. The lowest BCUT2D eigenvalue weighted by Gasteiger charge is -2.21. The van der Waals surface area contributed by atoms with Gasteiger partial charge in [-0.1, -0.05) is 133 Å². The lowest BCUT2D eigenvalue weighted by molar-refractivity contribution is -0.116. The number of benzene rings is 8. The van der Waals surface area contributed by atoms with E-state index in [1.807, 2.05) is 162 Å². The normalized spacial score (nSPS) is 12.2. The van der Waals surface area contributed by atoms with Crippen LogP contribution >= 0.6 is 67.9 Å². The van der Waals surface area contributed by atoms with Crippen LogP contribution in [0, 0.1) is 44.3 Å². The largest absolute Gasteiger partial charge is 0.392 e. The number of fused-ring (bicyclic) bond motifs is 12. The number of thiophene rings is 4. The maximum Gasteiger partial charge on any atom is 0.256 e. The molecule has 0 atom stereocenters. The molecule has 0 fully saturated rings. The Kier molecular flexibility index (Phi) is 27.5. The Morgan fingerprint density at radius 2 is 0.618 bits per heavy atom. The minimum Gasteiger partial charge on any atom is -0.392 e. The summed E-state index contributed by atoms with van der Waals surface area (Å²) in [6, 6.07) is 59.0. The number of aliphatic hydroxyl groups excluding tert-OH is 4. The van der Waals surface area contributed by atoms with Gasteiger partial charge in [-0.25, -0.2) is 70.6 Å². The van der Waals surface area contributed by atoms with Gasteiger partial charge >= 0.3 is 0 Å². The van der Waals surface area contributed by atoms with Crippen molar-refractivity contribution in [2.24, 2.45) is 0 Å². The lowest BCUT2D eigenvalue weighted by Crippen LogP contribution is -2.21. The van der Waals surface area contributed by atoms with Crippen molar-refractivity contribution in [1.29, 1.82) is 0 Å². The van der Waals surface area contributed by atoms with Gasteiger partial charge in [0.2, 0.25) is 23.5 Å². The molecule has 0 saturated carbocycles. The first-order valence-corrected chi connectivity index (χ1v) is 45.9. The van der Waals surface area contributed by atoms with E-state index in [1.165, 1.54) is 39.9 Å². The summed E-state index contributed by atoms with van der Waals surface area (Å²) in [4.78, 5) is 93.0. The zero-order valence-corrected chi connectivity index (χ0v) is 74.5. The molecule has 0 spiro atoms. The molecule has 131 heavy (non-hydrogen) atoms. The van der Waals surface area contributed by atoms with Crippen LogP contribution < -0.4 is 21.3 Å². The molecule has 32 heteroatoms. The highest BCUT2D eigenvalue weighted by Gasteiger charge is 2.32. The third-order valence-corrected chi connectivity index (χ3v) is 26.4. The number of nitrogens with one attached hydrogen (secondary N) is 4. The summed E-state index contributed by atoms with van der Waals surface area (Å²) in [5, 5.41) is 56.7. The first kappa shape index (κ1) is 89.8. The average molecular weight is 1950 g/mol. The van der Waals surface area contributed by atoms with Crippen LogP contribution in [0.5, 0.6) is 0 Å². The fourth-order valence-corrected chi connectivity index (χ4v) is 19.0. The number of hydrogen-bond donors (Lipinski definition) is 8. The molecule has 658 valence electrons. The van der Waals surface area contributed by atoms with E-state index in [0.29, 0.717) is 86.9 Å². The predicted molar refractivity (Wildman–Crippen MR) is 500 cm³/mol. The summed E-state index contributed by atoms with van der Waals surface area (Å²) in [7, 11) is 0. The minimum atomic E-state index is -2.29. The Hall–Kier alpha value is -13.2. The van der Waals surface area contributed by atoms with Gasteiger partial charge in [-0.2, -0.15) is 0 Å². The number of rotatable bonds is 19. The van der Waals surface area contributed by atoms with Crippen molar-refractivity contribution in [2.45, 2.75) is 97.1 Å². The van der Waals surface area contributed by atoms with E-state index in [9.17, 15) is 70.3 Å². The van der Waals surface area contributed by atoms with E-state index in [1.54, 1.807) is 58.4 Å². The van der Waals surface area contributed by atoms with Crippen LogP contribution in [0.4, 0.5) is 54.0 Å². The molecule has 20 rings (SSSR count). The van der Waals surface area contributed by atoms with Gasteiger partial charge in [-0.05, 0) is 212 Å². The van der Waals surface area contributed by atoms with Crippen LogP contribution in [0.25, 0.3) is 87.3 Å². The molecule has 20 nitrogen and oxygen atoms in total. The van der Waals surface area contributed by atoms with Crippen molar-refractivity contribution in [3.05, 3.63) is 349 Å². The third-order valence-electron chi connectivity index (χ3n) is 22.2. The Morgan fingerprint density at radius 1 is 0.305 bits per heavy atom. The second kappa shape index (κ2) is 40.1. The number of halogens is 8. The molecular weight excluding hydrogens is 1870 g/mol. The maximum absolute atomic E-state index is 14.1. The second-order valence-corrected chi connectivity index (χ2v) is 35.8. The highest BCUT2D eigenvalue weighted by atomic mass is 127. The number of hydrogen-bond acceptors (Lipinski definition) is 20. The molecule has 0 unspecified atom stereocenters. The van der Waals surface area contributed by atoms with E-state index in [-0.39, 0.29) is 56.9 Å². The summed E-state index contributed by atoms with van der Waals surface area (Å²) < 4.78 is 96.5. The quantitative estimate of drug-likeness (QED) is 0.0161. The predicted octanol–water partition coefficient (Wildman–Crippen LogP) is 20.2. The molecule has 8 heterocycles. The van der Waals surface area contributed by atoms with Crippen LogP contribution in [0.1, 0.15) is 94.3 Å². The molecule has 0 bridgehead atoms. The Morgan fingerprint density at radius 3 is 0.947 bits per heavy atom. The van der Waals surface area contributed by atoms with Gasteiger partial charge in [0.15, 0.2) is 58.2 Å². The van der Waals surface area contributed by atoms with E-state index < -0.39 is 64.5 Å². The molecule has 4 aliphatic carbocycles. The summed E-state index contributed by atoms with van der Waals surface area (Å²) >= 11 is 8.20. The number of aromatic nitrogens is 8. The number of aryl methyl sites for hydroxylation is 8. The van der Waals surface area contributed by atoms with Crippen molar-refractivity contribution in [2.75, 3.05) is 21.3 Å². The van der Waals surface area contributed by atoms with Gasteiger partial charge in [-0.15, -0.1) is 45.3 Å². The Balaban J connectivity index is 0.000000122. The van der Waals surface area contributed by atoms with Crippen molar-refractivity contribution in [1.82, 2.24) is 39.9 Å². The number of carbonyl (C=O) groups is 4. The van der Waals surface area contributed by atoms with E-state index in [0.717, 1.165) is 158 Å². The molecule has 16 aromatic rings. The first-order valence-electron chi connectivity index (χ1n) is 41.3. The number of aliphatic hydroxyl groups is 4. The van der Waals surface area contributed by atoms with E-state index in [2.05, 4.69) is 48.8 Å². The fourth-order valence-electron chi connectivity index (χ4n) is 15.8. The van der Waals surface area contributed by atoms with Crippen molar-refractivity contribution >= 4 is 115 Å². The van der Waals surface area contributed by atoms with Gasteiger partial charge in [0.25, 0.3) is 5.91 Å².